The number of hydrazine groups is 1. The molecular weight excluding hydrogens is 468 g/mol. The highest BCUT2D eigenvalue weighted by atomic mass is 35.5. The highest BCUT2D eigenvalue weighted by Gasteiger charge is 2.53. The van der Waals surface area contributed by atoms with E-state index in [1.54, 1.807) is 17.1 Å². The molecule has 12 heteroatoms. The number of piperidine rings is 1. The molecule has 3 aliphatic rings. The van der Waals surface area contributed by atoms with Crippen LogP contribution >= 0.6 is 11.6 Å². The van der Waals surface area contributed by atoms with Crippen molar-refractivity contribution < 1.29 is 4.79 Å². The molecule has 2 aromatic heterocycles. The molecule has 11 nitrogen and oxygen atoms in total. The van der Waals surface area contributed by atoms with Gasteiger partial charge in [0.15, 0.2) is 6.29 Å². The lowest BCUT2D eigenvalue weighted by molar-refractivity contribution is -0.0900. The summed E-state index contributed by atoms with van der Waals surface area (Å²) in [5.41, 5.74) is 8.76. The maximum atomic E-state index is 13.4. The van der Waals surface area contributed by atoms with Gasteiger partial charge in [0.05, 0.1) is 25.1 Å². The van der Waals surface area contributed by atoms with Gasteiger partial charge in [-0.05, 0) is 36.6 Å². The third-order valence-electron chi connectivity index (χ3n) is 7.08. The van der Waals surface area contributed by atoms with Crippen LogP contribution in [0.5, 0.6) is 0 Å². The van der Waals surface area contributed by atoms with E-state index in [9.17, 15) is 4.79 Å². The molecule has 4 atom stereocenters. The first kappa shape index (κ1) is 22.2. The molecule has 0 spiro atoms. The number of benzene rings is 1. The van der Waals surface area contributed by atoms with Gasteiger partial charge in [0.2, 0.25) is 5.95 Å². The molecule has 3 fully saturated rings. The number of urea groups is 1. The van der Waals surface area contributed by atoms with E-state index in [0.29, 0.717) is 17.5 Å². The Labute approximate surface area is 208 Å². The second kappa shape index (κ2) is 8.76. The highest BCUT2D eigenvalue weighted by molar-refractivity contribution is 6.30. The van der Waals surface area contributed by atoms with Gasteiger partial charge in [-0.1, -0.05) is 23.7 Å². The summed E-state index contributed by atoms with van der Waals surface area (Å²) in [7, 11) is 3.74. The maximum absolute atomic E-state index is 13.4. The van der Waals surface area contributed by atoms with Crippen molar-refractivity contribution in [3.05, 3.63) is 65.1 Å². The topological polar surface area (TPSA) is 106 Å². The Morgan fingerprint density at radius 3 is 2.69 bits per heavy atom. The predicted octanol–water partition coefficient (Wildman–Crippen LogP) is 2.40. The minimum atomic E-state index is -0.224. The monoisotopic (exact) mass is 494 g/mol. The van der Waals surface area contributed by atoms with Crippen LogP contribution in [-0.4, -0.2) is 66.1 Å². The summed E-state index contributed by atoms with van der Waals surface area (Å²) in [6.45, 7) is 0.494. The van der Waals surface area contributed by atoms with Gasteiger partial charge in [-0.3, -0.25) is 9.58 Å². The molecule has 0 radical (unpaired) electrons. The van der Waals surface area contributed by atoms with Crippen molar-refractivity contribution in [2.45, 2.75) is 43.9 Å². The molecular formula is C23H27ClN10O. The molecule has 0 bridgehead atoms. The summed E-state index contributed by atoms with van der Waals surface area (Å²) >= 11 is 6.04. The van der Waals surface area contributed by atoms with E-state index in [0.717, 1.165) is 29.9 Å². The van der Waals surface area contributed by atoms with Crippen molar-refractivity contribution >= 4 is 29.4 Å². The Kier molecular flexibility index (Phi) is 5.56. The van der Waals surface area contributed by atoms with Crippen LogP contribution in [0, 0.1) is 0 Å². The first-order chi connectivity index (χ1) is 17.0. The number of rotatable bonds is 5. The van der Waals surface area contributed by atoms with E-state index in [2.05, 4.69) is 31.2 Å². The summed E-state index contributed by atoms with van der Waals surface area (Å²) in [5.74, 6) is 1.52. The Morgan fingerprint density at radius 1 is 1.09 bits per heavy atom. The smallest absolute Gasteiger partial charge is 0.312 e. The lowest BCUT2D eigenvalue weighted by Gasteiger charge is -2.53. The van der Waals surface area contributed by atoms with Gasteiger partial charge < -0.3 is 10.2 Å². The summed E-state index contributed by atoms with van der Waals surface area (Å²) in [6, 6.07) is 11.5. The van der Waals surface area contributed by atoms with Crippen molar-refractivity contribution in [1.29, 1.82) is 0 Å². The maximum Gasteiger partial charge on any atom is 0.323 e. The Morgan fingerprint density at radius 2 is 1.91 bits per heavy atom. The van der Waals surface area contributed by atoms with E-state index in [1.165, 1.54) is 0 Å². The number of halogens is 1. The van der Waals surface area contributed by atoms with Crippen molar-refractivity contribution in [1.82, 2.24) is 45.3 Å². The molecule has 0 saturated carbocycles. The fourth-order valence-electron chi connectivity index (χ4n) is 5.27. The number of anilines is 2. The van der Waals surface area contributed by atoms with Crippen molar-refractivity contribution in [2.24, 2.45) is 7.05 Å². The second-order valence-corrected chi connectivity index (χ2v) is 9.63. The van der Waals surface area contributed by atoms with E-state index in [1.807, 2.05) is 60.3 Å². The van der Waals surface area contributed by atoms with Crippen LogP contribution in [0.2, 0.25) is 5.02 Å². The number of carbonyl (C=O) groups excluding carboxylic acids is 1. The zero-order valence-corrected chi connectivity index (χ0v) is 20.2. The van der Waals surface area contributed by atoms with Crippen molar-refractivity contribution in [3.8, 4) is 0 Å². The van der Waals surface area contributed by atoms with Crippen LogP contribution in [0.25, 0.3) is 0 Å². The average Bonchev–Trinajstić information content (AvgIpc) is 3.48. The molecule has 6 rings (SSSR count). The number of hydrogen-bond acceptors (Lipinski definition) is 8. The molecule has 5 heterocycles. The minimum absolute atomic E-state index is 0.0111. The molecule has 3 N–H and O–H groups in total. The quantitative estimate of drug-likeness (QED) is 0.496. The van der Waals surface area contributed by atoms with E-state index >= 15 is 0 Å². The Hall–Kier alpha value is -3.25. The number of nitrogens with zero attached hydrogens (tertiary/aromatic N) is 7. The zero-order valence-electron chi connectivity index (χ0n) is 19.5. The second-order valence-electron chi connectivity index (χ2n) is 9.19. The number of nitrogens with one attached hydrogen (secondary N) is 3. The van der Waals surface area contributed by atoms with Crippen LogP contribution in [0.3, 0.4) is 0 Å². The molecule has 182 valence electrons. The fraction of sp³-hybridized carbons (Fsp3) is 0.391. The Balaban J connectivity index is 1.22. The third kappa shape index (κ3) is 4.00. The van der Waals surface area contributed by atoms with Gasteiger partial charge in [0.25, 0.3) is 0 Å². The summed E-state index contributed by atoms with van der Waals surface area (Å²) < 4.78 is 1.74. The summed E-state index contributed by atoms with van der Waals surface area (Å²) in [6.07, 6.45) is 4.94. The predicted molar refractivity (Wildman–Crippen MR) is 130 cm³/mol. The molecule has 3 aliphatic heterocycles. The molecule has 1 aromatic carbocycles. The molecule has 4 unspecified atom stereocenters. The van der Waals surface area contributed by atoms with Gasteiger partial charge >= 0.3 is 6.03 Å². The standard InChI is InChI=1S/C23H27ClN10O/c1-31-20-12-15(17-7-9-25-21(27-17)28-18-8-10-26-32(18)2)11-19-29-30-22(34(19)20)33(23(31)35)13-14-3-5-16(24)6-4-14/h3-10,15,19-20,22,29-30H,11-13H2,1-2H3,(H,25,27,28). The highest BCUT2D eigenvalue weighted by Crippen LogP contribution is 2.40. The molecule has 35 heavy (non-hydrogen) atoms. The lowest BCUT2D eigenvalue weighted by Crippen LogP contribution is -2.70. The SMILES string of the molecule is CN1C(=O)N(Cc2ccc(Cl)cc2)C2NNC3CC(c4ccnc(Nc5ccnn5C)n4)CC1N32. The van der Waals surface area contributed by atoms with Gasteiger partial charge in [-0.15, -0.1) is 0 Å². The molecule has 0 aliphatic carbocycles. The van der Waals surface area contributed by atoms with E-state index < -0.39 is 0 Å². The minimum Gasteiger partial charge on any atom is -0.312 e. The van der Waals surface area contributed by atoms with Crippen molar-refractivity contribution in [2.75, 3.05) is 12.4 Å². The lowest BCUT2D eigenvalue weighted by atomic mass is 9.88. The fourth-order valence-corrected chi connectivity index (χ4v) is 5.39. The number of aromatic nitrogens is 4. The van der Waals surface area contributed by atoms with Gasteiger partial charge in [0.1, 0.15) is 5.82 Å². The van der Waals surface area contributed by atoms with Crippen molar-refractivity contribution in [3.63, 3.8) is 0 Å². The van der Waals surface area contributed by atoms with Crippen LogP contribution in [-0.2, 0) is 13.6 Å². The average molecular weight is 495 g/mol. The third-order valence-corrected chi connectivity index (χ3v) is 7.33. The van der Waals surface area contributed by atoms with Gasteiger partial charge in [-0.2, -0.15) is 5.10 Å². The van der Waals surface area contributed by atoms with Gasteiger partial charge in [-0.25, -0.2) is 30.5 Å². The molecule has 3 saturated heterocycles. The summed E-state index contributed by atoms with van der Waals surface area (Å²) in [4.78, 5) is 28.7. The number of carbonyl (C=O) groups is 1. The first-order valence-electron chi connectivity index (χ1n) is 11.6. The number of aryl methyl sites for hydroxylation is 1. The van der Waals surface area contributed by atoms with Crippen LogP contribution in [0.1, 0.15) is 30.0 Å². The number of hydrogen-bond donors (Lipinski definition) is 3. The Bertz CT molecular complexity index is 1230. The van der Waals surface area contributed by atoms with E-state index in [-0.39, 0.29) is 30.6 Å². The van der Waals surface area contributed by atoms with Crippen LogP contribution < -0.4 is 16.2 Å². The van der Waals surface area contributed by atoms with Gasteiger partial charge in [0, 0.05) is 43.0 Å². The van der Waals surface area contributed by atoms with E-state index in [4.69, 9.17) is 16.6 Å². The summed E-state index contributed by atoms with van der Waals surface area (Å²) in [5, 5.41) is 8.09. The normalized spacial score (nSPS) is 26.2. The van der Waals surface area contributed by atoms with Crippen LogP contribution in [0.15, 0.2) is 48.8 Å². The molecule has 2 amide bonds. The number of amides is 2. The molecule has 3 aromatic rings. The van der Waals surface area contributed by atoms with Crippen LogP contribution in [0.4, 0.5) is 16.6 Å². The largest absolute Gasteiger partial charge is 0.323 e. The zero-order chi connectivity index (χ0) is 24.1. The first-order valence-corrected chi connectivity index (χ1v) is 12.0.